The number of carbonyl (C=O) groups is 3. The predicted molar refractivity (Wildman–Crippen MR) is 114 cm³/mol. The van der Waals surface area contributed by atoms with Gasteiger partial charge in [-0.05, 0) is 54.7 Å². The highest BCUT2D eigenvalue weighted by Gasteiger charge is 2.09. The van der Waals surface area contributed by atoms with Crippen molar-refractivity contribution in [2.24, 2.45) is 0 Å². The lowest BCUT2D eigenvalue weighted by Gasteiger charge is -2.08. The van der Waals surface area contributed by atoms with E-state index in [0.29, 0.717) is 50.3 Å². The van der Waals surface area contributed by atoms with E-state index in [1.165, 1.54) is 11.6 Å². The Morgan fingerprint density at radius 3 is 2.24 bits per heavy atom. The molecule has 6 heteroatoms. The van der Waals surface area contributed by atoms with Crippen LogP contribution in [-0.2, 0) is 30.3 Å². The van der Waals surface area contributed by atoms with Gasteiger partial charge in [0.1, 0.15) is 6.29 Å². The molecule has 0 aliphatic rings. The number of ether oxygens (including phenoxy) is 2. The molecule has 0 bridgehead atoms. The molecule has 0 unspecified atom stereocenters. The van der Waals surface area contributed by atoms with Gasteiger partial charge in [0, 0.05) is 5.69 Å². The zero-order valence-corrected chi connectivity index (χ0v) is 17.4. The van der Waals surface area contributed by atoms with Crippen LogP contribution in [0.4, 0.5) is 5.69 Å². The molecular formula is C23H31NO5. The van der Waals surface area contributed by atoms with Gasteiger partial charge in [0.2, 0.25) is 5.91 Å². The van der Waals surface area contributed by atoms with Gasteiger partial charge < -0.3 is 14.8 Å². The second-order valence-electron chi connectivity index (χ2n) is 6.64. The molecule has 0 saturated carbocycles. The minimum absolute atomic E-state index is 0.0947. The molecule has 1 aromatic carbocycles. The lowest BCUT2D eigenvalue weighted by Crippen LogP contribution is -2.15. The molecule has 0 spiro atoms. The van der Waals surface area contributed by atoms with E-state index in [9.17, 15) is 14.4 Å². The zero-order chi connectivity index (χ0) is 21.5. The van der Waals surface area contributed by atoms with Gasteiger partial charge in [-0.2, -0.15) is 0 Å². The lowest BCUT2D eigenvalue weighted by atomic mass is 10.0. The number of carbonyl (C=O) groups excluding carboxylic acids is 3. The number of benzene rings is 1. The first-order chi connectivity index (χ1) is 14.0. The van der Waals surface area contributed by atoms with E-state index in [-0.39, 0.29) is 18.1 Å². The maximum atomic E-state index is 11.9. The van der Waals surface area contributed by atoms with Crippen molar-refractivity contribution in [3.05, 3.63) is 53.6 Å². The summed E-state index contributed by atoms with van der Waals surface area (Å²) in [6.45, 7) is 8.81. The van der Waals surface area contributed by atoms with Crippen LogP contribution in [0.15, 0.2) is 48.1 Å². The SMILES string of the molecule is C=C(CCOCCOCCC(=O)Nc1ccc(CCC)cc1)C(=O)/C(C)=C\C=O. The van der Waals surface area contributed by atoms with Gasteiger partial charge in [0.15, 0.2) is 5.78 Å². The highest BCUT2D eigenvalue weighted by atomic mass is 16.5. The summed E-state index contributed by atoms with van der Waals surface area (Å²) in [6.07, 6.45) is 4.59. The Morgan fingerprint density at radius 1 is 1.03 bits per heavy atom. The number of ketones is 1. The number of Topliss-reactive ketones (excluding diaryl/α,β-unsaturated/α-hetero) is 1. The van der Waals surface area contributed by atoms with Gasteiger partial charge in [-0.1, -0.05) is 32.1 Å². The Morgan fingerprint density at radius 2 is 1.66 bits per heavy atom. The summed E-state index contributed by atoms with van der Waals surface area (Å²) in [5.41, 5.74) is 2.81. The Kier molecular flexibility index (Phi) is 12.2. The number of anilines is 1. The summed E-state index contributed by atoms with van der Waals surface area (Å²) in [5, 5.41) is 2.85. The molecule has 1 aromatic rings. The van der Waals surface area contributed by atoms with Crippen LogP contribution in [0.25, 0.3) is 0 Å². The molecule has 0 saturated heterocycles. The first-order valence-electron chi connectivity index (χ1n) is 9.86. The van der Waals surface area contributed by atoms with E-state index >= 15 is 0 Å². The number of hydrogen-bond acceptors (Lipinski definition) is 5. The number of rotatable bonds is 15. The molecule has 1 rings (SSSR count). The molecule has 0 aliphatic heterocycles. The smallest absolute Gasteiger partial charge is 0.226 e. The molecular weight excluding hydrogens is 370 g/mol. The third kappa shape index (κ3) is 10.5. The highest BCUT2D eigenvalue weighted by Crippen LogP contribution is 2.11. The van der Waals surface area contributed by atoms with Gasteiger partial charge in [0.25, 0.3) is 0 Å². The highest BCUT2D eigenvalue weighted by molar-refractivity contribution is 6.08. The summed E-state index contributed by atoms with van der Waals surface area (Å²) in [7, 11) is 0. The summed E-state index contributed by atoms with van der Waals surface area (Å²) in [6, 6.07) is 7.86. The van der Waals surface area contributed by atoms with Crippen molar-refractivity contribution in [3.63, 3.8) is 0 Å². The van der Waals surface area contributed by atoms with E-state index < -0.39 is 0 Å². The fourth-order valence-electron chi connectivity index (χ4n) is 2.52. The van der Waals surface area contributed by atoms with Crippen molar-refractivity contribution in [2.45, 2.75) is 39.5 Å². The van der Waals surface area contributed by atoms with E-state index in [4.69, 9.17) is 9.47 Å². The summed E-state index contributed by atoms with van der Waals surface area (Å²) in [4.78, 5) is 34.1. The molecule has 0 aromatic heterocycles. The fourth-order valence-corrected chi connectivity index (χ4v) is 2.52. The van der Waals surface area contributed by atoms with Crippen molar-refractivity contribution in [1.82, 2.24) is 0 Å². The van der Waals surface area contributed by atoms with Crippen molar-refractivity contribution in [3.8, 4) is 0 Å². The summed E-state index contributed by atoms with van der Waals surface area (Å²) < 4.78 is 10.8. The van der Waals surface area contributed by atoms with Gasteiger partial charge in [-0.3, -0.25) is 14.4 Å². The molecule has 0 radical (unpaired) electrons. The fraction of sp³-hybridized carbons (Fsp3) is 0.435. The van der Waals surface area contributed by atoms with Crippen LogP contribution >= 0.6 is 0 Å². The monoisotopic (exact) mass is 401 g/mol. The van der Waals surface area contributed by atoms with E-state index in [0.717, 1.165) is 18.5 Å². The number of hydrogen-bond donors (Lipinski definition) is 1. The van der Waals surface area contributed by atoms with Crippen LogP contribution < -0.4 is 5.32 Å². The van der Waals surface area contributed by atoms with Gasteiger partial charge in [0.05, 0.1) is 32.8 Å². The third-order valence-electron chi connectivity index (χ3n) is 4.17. The van der Waals surface area contributed by atoms with Gasteiger partial charge in [-0.25, -0.2) is 0 Å². The van der Waals surface area contributed by atoms with E-state index in [2.05, 4.69) is 18.8 Å². The quantitative estimate of drug-likeness (QED) is 0.276. The second-order valence-corrected chi connectivity index (χ2v) is 6.64. The minimum atomic E-state index is -0.233. The standard InChI is InChI=1S/C23H31NO5/c1-4-5-20-6-8-21(9-7-20)24-22(26)12-15-29-17-16-28-14-11-19(3)23(27)18(2)10-13-25/h6-10,13H,3-5,11-12,14-17H2,1-2H3,(H,24,26)/b18-10-. The Bertz CT molecular complexity index is 706. The molecule has 158 valence electrons. The number of aldehydes is 1. The van der Waals surface area contributed by atoms with Crippen LogP contribution in [0.5, 0.6) is 0 Å². The Hall–Kier alpha value is -2.57. The van der Waals surface area contributed by atoms with Crippen LogP contribution in [0, 0.1) is 0 Å². The number of allylic oxidation sites excluding steroid dienone is 2. The molecule has 29 heavy (non-hydrogen) atoms. The van der Waals surface area contributed by atoms with Gasteiger partial charge in [-0.15, -0.1) is 0 Å². The first-order valence-corrected chi connectivity index (χ1v) is 9.86. The molecule has 0 heterocycles. The van der Waals surface area contributed by atoms with Crippen molar-refractivity contribution in [1.29, 1.82) is 0 Å². The van der Waals surface area contributed by atoms with Crippen molar-refractivity contribution >= 4 is 23.7 Å². The van der Waals surface area contributed by atoms with E-state index in [1.807, 2.05) is 24.3 Å². The molecule has 0 atom stereocenters. The molecule has 1 N–H and O–H groups in total. The molecule has 0 fully saturated rings. The van der Waals surface area contributed by atoms with Crippen LogP contribution in [0.2, 0.25) is 0 Å². The third-order valence-corrected chi connectivity index (χ3v) is 4.17. The maximum absolute atomic E-state index is 11.9. The zero-order valence-electron chi connectivity index (χ0n) is 17.4. The normalized spacial score (nSPS) is 11.2. The van der Waals surface area contributed by atoms with E-state index in [1.54, 1.807) is 6.92 Å². The van der Waals surface area contributed by atoms with Crippen molar-refractivity contribution < 1.29 is 23.9 Å². The molecule has 1 amide bonds. The molecule has 0 aliphatic carbocycles. The summed E-state index contributed by atoms with van der Waals surface area (Å²) in [5.74, 6) is -0.328. The summed E-state index contributed by atoms with van der Waals surface area (Å²) >= 11 is 0. The number of aryl methyl sites for hydroxylation is 1. The Balaban J connectivity index is 2.08. The van der Waals surface area contributed by atoms with Crippen LogP contribution in [0.1, 0.15) is 38.7 Å². The first kappa shape index (κ1) is 24.5. The molecule has 6 nitrogen and oxygen atoms in total. The van der Waals surface area contributed by atoms with Gasteiger partial charge >= 0.3 is 0 Å². The predicted octanol–water partition coefficient (Wildman–Crippen LogP) is 3.66. The number of amides is 1. The average molecular weight is 402 g/mol. The van der Waals surface area contributed by atoms with Crippen LogP contribution in [-0.4, -0.2) is 44.4 Å². The topological polar surface area (TPSA) is 81.7 Å². The van der Waals surface area contributed by atoms with Crippen LogP contribution in [0.3, 0.4) is 0 Å². The Labute approximate surface area is 173 Å². The number of nitrogens with one attached hydrogen (secondary N) is 1. The largest absolute Gasteiger partial charge is 0.379 e. The maximum Gasteiger partial charge on any atom is 0.226 e. The lowest BCUT2D eigenvalue weighted by molar-refractivity contribution is -0.117. The van der Waals surface area contributed by atoms with Crippen molar-refractivity contribution in [2.75, 3.05) is 31.7 Å². The minimum Gasteiger partial charge on any atom is -0.379 e. The second kappa shape index (κ2) is 14.4. The average Bonchev–Trinajstić information content (AvgIpc) is 2.71.